The lowest BCUT2D eigenvalue weighted by atomic mass is 10.1. The van der Waals surface area contributed by atoms with E-state index in [1.807, 2.05) is 0 Å². The molecular weight excluding hydrogens is 281 g/mol. The van der Waals surface area contributed by atoms with Gasteiger partial charge in [0.2, 0.25) is 0 Å². The van der Waals surface area contributed by atoms with Crippen molar-refractivity contribution >= 4 is 11.7 Å². The lowest BCUT2D eigenvalue weighted by Gasteiger charge is -2.07. The number of nitro benzene ring substituents is 1. The van der Waals surface area contributed by atoms with Gasteiger partial charge in [-0.2, -0.15) is 0 Å². The van der Waals surface area contributed by atoms with Gasteiger partial charge in [0, 0.05) is 11.6 Å². The molecule has 0 saturated carbocycles. The first-order valence-corrected chi connectivity index (χ1v) is 5.86. The summed E-state index contributed by atoms with van der Waals surface area (Å²) in [4.78, 5) is 20.7. The topological polar surface area (TPSA) is 89.7 Å². The van der Waals surface area contributed by atoms with Crippen LogP contribution in [-0.4, -0.2) is 16.0 Å². The van der Waals surface area contributed by atoms with Crippen LogP contribution in [0.1, 0.15) is 15.9 Å². The number of nitro groups is 1. The van der Waals surface area contributed by atoms with Gasteiger partial charge in [0.05, 0.1) is 16.6 Å². The van der Waals surface area contributed by atoms with Crippen LogP contribution in [0.2, 0.25) is 0 Å². The average Bonchev–Trinajstić information content (AvgIpc) is 2.46. The van der Waals surface area contributed by atoms with Gasteiger partial charge < -0.3 is 9.84 Å². The number of benzene rings is 2. The molecule has 2 aromatic carbocycles. The zero-order chi connectivity index (χ0) is 15.4. The Morgan fingerprint density at radius 2 is 2.05 bits per heavy atom. The SMILES string of the molecule is O=C(O)c1ccc(COc2cccc([N+](=O)[O-])c2)c(F)c1. The van der Waals surface area contributed by atoms with Crippen molar-refractivity contribution in [3.8, 4) is 5.75 Å². The Hall–Kier alpha value is -2.96. The lowest BCUT2D eigenvalue weighted by Crippen LogP contribution is -2.02. The van der Waals surface area contributed by atoms with Gasteiger partial charge in [-0.1, -0.05) is 12.1 Å². The third kappa shape index (κ3) is 3.53. The van der Waals surface area contributed by atoms with Crippen LogP contribution in [0.15, 0.2) is 42.5 Å². The maximum Gasteiger partial charge on any atom is 0.335 e. The normalized spacial score (nSPS) is 10.1. The number of rotatable bonds is 5. The summed E-state index contributed by atoms with van der Waals surface area (Å²) in [6, 6.07) is 8.97. The highest BCUT2D eigenvalue weighted by molar-refractivity contribution is 5.87. The number of hydrogen-bond acceptors (Lipinski definition) is 4. The molecule has 1 N–H and O–H groups in total. The van der Waals surface area contributed by atoms with Crippen LogP contribution >= 0.6 is 0 Å². The van der Waals surface area contributed by atoms with Crippen LogP contribution in [0.3, 0.4) is 0 Å². The number of nitrogens with zero attached hydrogens (tertiary/aromatic N) is 1. The third-order valence-electron chi connectivity index (χ3n) is 2.72. The highest BCUT2D eigenvalue weighted by Gasteiger charge is 2.10. The summed E-state index contributed by atoms with van der Waals surface area (Å²) < 4.78 is 18.9. The van der Waals surface area contributed by atoms with E-state index in [1.165, 1.54) is 36.4 Å². The van der Waals surface area contributed by atoms with Crippen molar-refractivity contribution in [1.29, 1.82) is 0 Å². The monoisotopic (exact) mass is 291 g/mol. The fraction of sp³-hybridized carbons (Fsp3) is 0.0714. The van der Waals surface area contributed by atoms with Crippen LogP contribution in [0, 0.1) is 15.9 Å². The molecule has 0 unspecified atom stereocenters. The molecule has 0 heterocycles. The number of hydrogen-bond donors (Lipinski definition) is 1. The Morgan fingerprint density at radius 3 is 2.67 bits per heavy atom. The Kier molecular flexibility index (Phi) is 4.13. The summed E-state index contributed by atoms with van der Waals surface area (Å²) in [5.41, 5.74) is -0.132. The van der Waals surface area contributed by atoms with Gasteiger partial charge in [-0.25, -0.2) is 9.18 Å². The van der Waals surface area contributed by atoms with Crippen LogP contribution in [-0.2, 0) is 6.61 Å². The first kappa shape index (κ1) is 14.4. The molecule has 0 aliphatic rings. The van der Waals surface area contributed by atoms with Crippen molar-refractivity contribution in [2.75, 3.05) is 0 Å². The van der Waals surface area contributed by atoms with Crippen molar-refractivity contribution in [3.05, 3.63) is 69.5 Å². The predicted octanol–water partition coefficient (Wildman–Crippen LogP) is 3.01. The summed E-state index contributed by atoms with van der Waals surface area (Å²) in [5, 5.41) is 19.3. The summed E-state index contributed by atoms with van der Waals surface area (Å²) in [6.07, 6.45) is 0. The van der Waals surface area contributed by atoms with E-state index in [-0.39, 0.29) is 29.2 Å². The Bertz CT molecular complexity index is 702. The molecule has 0 aromatic heterocycles. The molecule has 0 fully saturated rings. The fourth-order valence-corrected chi connectivity index (χ4v) is 1.65. The van der Waals surface area contributed by atoms with Crippen molar-refractivity contribution in [1.82, 2.24) is 0 Å². The van der Waals surface area contributed by atoms with E-state index in [1.54, 1.807) is 0 Å². The van der Waals surface area contributed by atoms with Crippen molar-refractivity contribution in [2.45, 2.75) is 6.61 Å². The summed E-state index contributed by atoms with van der Waals surface area (Å²) >= 11 is 0. The molecule has 0 spiro atoms. The number of ether oxygens (including phenoxy) is 1. The zero-order valence-electron chi connectivity index (χ0n) is 10.7. The summed E-state index contributed by atoms with van der Waals surface area (Å²) in [6.45, 7) is -0.160. The molecule has 0 radical (unpaired) electrons. The van der Waals surface area contributed by atoms with Gasteiger partial charge in [0.1, 0.15) is 18.2 Å². The molecule has 0 saturated heterocycles. The van der Waals surface area contributed by atoms with E-state index in [0.717, 1.165) is 6.07 Å². The Balaban J connectivity index is 2.11. The first-order valence-electron chi connectivity index (χ1n) is 5.86. The summed E-state index contributed by atoms with van der Waals surface area (Å²) in [7, 11) is 0. The molecule has 0 bridgehead atoms. The van der Waals surface area contributed by atoms with Crippen molar-refractivity contribution in [3.63, 3.8) is 0 Å². The Labute approximate surface area is 118 Å². The molecule has 6 nitrogen and oxygen atoms in total. The van der Waals surface area contributed by atoms with Crippen LogP contribution in [0.25, 0.3) is 0 Å². The second-order valence-corrected chi connectivity index (χ2v) is 4.15. The number of non-ortho nitro benzene ring substituents is 1. The smallest absolute Gasteiger partial charge is 0.335 e. The van der Waals surface area contributed by atoms with Gasteiger partial charge in [-0.15, -0.1) is 0 Å². The van der Waals surface area contributed by atoms with E-state index in [4.69, 9.17) is 9.84 Å². The number of carboxylic acids is 1. The predicted molar refractivity (Wildman–Crippen MR) is 70.8 cm³/mol. The molecule has 0 atom stereocenters. The highest BCUT2D eigenvalue weighted by atomic mass is 19.1. The van der Waals surface area contributed by atoms with Gasteiger partial charge >= 0.3 is 5.97 Å². The van der Waals surface area contributed by atoms with Crippen molar-refractivity contribution in [2.24, 2.45) is 0 Å². The maximum absolute atomic E-state index is 13.7. The molecular formula is C14H10FNO5. The fourth-order valence-electron chi connectivity index (χ4n) is 1.65. The molecule has 7 heteroatoms. The lowest BCUT2D eigenvalue weighted by molar-refractivity contribution is -0.384. The molecule has 0 aliphatic heterocycles. The maximum atomic E-state index is 13.7. The minimum absolute atomic E-state index is 0.130. The number of carboxylic acid groups (broad SMARTS) is 1. The quantitative estimate of drug-likeness (QED) is 0.675. The molecule has 2 rings (SSSR count). The summed E-state index contributed by atoms with van der Waals surface area (Å²) in [5.74, 6) is -1.70. The van der Waals surface area contributed by atoms with E-state index < -0.39 is 16.7 Å². The second kappa shape index (κ2) is 6.00. The first-order chi connectivity index (χ1) is 9.97. The van der Waals surface area contributed by atoms with E-state index in [2.05, 4.69) is 0 Å². The third-order valence-corrected chi connectivity index (χ3v) is 2.72. The van der Waals surface area contributed by atoms with Crippen LogP contribution in [0.4, 0.5) is 10.1 Å². The van der Waals surface area contributed by atoms with Gasteiger partial charge in [-0.05, 0) is 18.2 Å². The molecule has 21 heavy (non-hydrogen) atoms. The zero-order valence-corrected chi connectivity index (χ0v) is 10.7. The largest absolute Gasteiger partial charge is 0.489 e. The highest BCUT2D eigenvalue weighted by Crippen LogP contribution is 2.21. The van der Waals surface area contributed by atoms with E-state index >= 15 is 0 Å². The van der Waals surface area contributed by atoms with E-state index in [0.29, 0.717) is 0 Å². The standard InChI is InChI=1S/C14H10FNO5/c15-13-6-9(14(17)18)4-5-10(13)8-21-12-3-1-2-11(7-12)16(19)20/h1-7H,8H2,(H,17,18). The molecule has 0 aliphatic carbocycles. The van der Waals surface area contributed by atoms with Crippen molar-refractivity contribution < 1.29 is 24.0 Å². The Morgan fingerprint density at radius 1 is 1.29 bits per heavy atom. The van der Waals surface area contributed by atoms with Gasteiger partial charge in [0.25, 0.3) is 5.69 Å². The van der Waals surface area contributed by atoms with Crippen LogP contribution < -0.4 is 4.74 Å². The van der Waals surface area contributed by atoms with Gasteiger partial charge in [0.15, 0.2) is 0 Å². The molecule has 2 aromatic rings. The van der Waals surface area contributed by atoms with Gasteiger partial charge in [-0.3, -0.25) is 10.1 Å². The number of halogens is 1. The molecule has 0 amide bonds. The van der Waals surface area contributed by atoms with Crippen LogP contribution in [0.5, 0.6) is 5.75 Å². The number of carbonyl (C=O) groups is 1. The minimum Gasteiger partial charge on any atom is -0.489 e. The second-order valence-electron chi connectivity index (χ2n) is 4.15. The van der Waals surface area contributed by atoms with E-state index in [9.17, 15) is 19.3 Å². The average molecular weight is 291 g/mol. The minimum atomic E-state index is -1.22. The molecule has 108 valence electrons. The number of aromatic carboxylic acids is 1.